The Bertz CT molecular complexity index is 1150. The normalized spacial score (nSPS) is 15.1. The van der Waals surface area contributed by atoms with E-state index in [1.54, 1.807) is 24.3 Å². The van der Waals surface area contributed by atoms with Crippen molar-refractivity contribution in [2.24, 2.45) is 0 Å². The minimum atomic E-state index is -3.87. The van der Waals surface area contributed by atoms with E-state index in [2.05, 4.69) is 4.98 Å². The molecule has 0 saturated carbocycles. The van der Waals surface area contributed by atoms with E-state index in [0.717, 1.165) is 23.2 Å². The van der Waals surface area contributed by atoms with Crippen LogP contribution < -0.4 is 4.90 Å². The van der Waals surface area contributed by atoms with Gasteiger partial charge in [-0.3, -0.25) is 0 Å². The van der Waals surface area contributed by atoms with Crippen LogP contribution in [0.15, 0.2) is 41.3 Å². The summed E-state index contributed by atoms with van der Waals surface area (Å²) in [5.41, 5.74) is 1.12. The van der Waals surface area contributed by atoms with Crippen LogP contribution in [-0.2, 0) is 10.0 Å². The van der Waals surface area contributed by atoms with E-state index in [-0.39, 0.29) is 21.8 Å². The van der Waals surface area contributed by atoms with Crippen molar-refractivity contribution in [3.05, 3.63) is 48.0 Å². The standard InChI is InChI=1S/C20H21F2N3O2S/c1-24(2)28(26,27)13-11-15(20(16(21)12-13)25-9-5-6-10-25)19-18(22)14-7-3-4-8-17(14)23-19/h3-4,7-8,11-12,23H,5-6,9-10H2,1-2H3. The lowest BCUT2D eigenvalue weighted by molar-refractivity contribution is 0.519. The Balaban J connectivity index is 2.02. The maximum atomic E-state index is 15.2. The molecule has 0 bridgehead atoms. The molecule has 1 N–H and O–H groups in total. The maximum Gasteiger partial charge on any atom is 0.242 e. The van der Waals surface area contributed by atoms with Gasteiger partial charge in [-0.25, -0.2) is 21.5 Å². The largest absolute Gasteiger partial charge is 0.369 e. The quantitative estimate of drug-likeness (QED) is 0.715. The summed E-state index contributed by atoms with van der Waals surface area (Å²) in [5.74, 6) is -1.19. The molecule has 0 amide bonds. The molecule has 0 aliphatic carbocycles. The molecule has 5 nitrogen and oxygen atoms in total. The average molecular weight is 405 g/mol. The van der Waals surface area contributed by atoms with Crippen LogP contribution in [0.3, 0.4) is 0 Å². The highest BCUT2D eigenvalue weighted by molar-refractivity contribution is 7.89. The van der Waals surface area contributed by atoms with Crippen molar-refractivity contribution in [1.29, 1.82) is 0 Å². The van der Waals surface area contributed by atoms with E-state index in [1.165, 1.54) is 20.2 Å². The smallest absolute Gasteiger partial charge is 0.242 e. The zero-order chi connectivity index (χ0) is 20.1. The first kappa shape index (κ1) is 18.9. The van der Waals surface area contributed by atoms with Crippen LogP contribution in [0.5, 0.6) is 0 Å². The fraction of sp³-hybridized carbons (Fsp3) is 0.300. The van der Waals surface area contributed by atoms with Gasteiger partial charge in [-0.05, 0) is 37.1 Å². The van der Waals surface area contributed by atoms with Gasteiger partial charge in [0.1, 0.15) is 5.82 Å². The van der Waals surface area contributed by atoms with Crippen LogP contribution in [0.2, 0.25) is 0 Å². The number of aromatic nitrogens is 1. The molecule has 0 atom stereocenters. The van der Waals surface area contributed by atoms with Crippen molar-refractivity contribution in [3.8, 4) is 11.3 Å². The number of fused-ring (bicyclic) bond motifs is 1. The van der Waals surface area contributed by atoms with Gasteiger partial charge >= 0.3 is 0 Å². The van der Waals surface area contributed by atoms with Crippen molar-refractivity contribution in [2.45, 2.75) is 17.7 Å². The number of benzene rings is 2. The van der Waals surface area contributed by atoms with E-state index in [4.69, 9.17) is 0 Å². The summed E-state index contributed by atoms with van der Waals surface area (Å²) in [6, 6.07) is 9.24. The van der Waals surface area contributed by atoms with Crippen molar-refractivity contribution in [3.63, 3.8) is 0 Å². The number of nitrogens with one attached hydrogen (secondary N) is 1. The van der Waals surface area contributed by atoms with E-state index < -0.39 is 21.7 Å². The number of sulfonamides is 1. The van der Waals surface area contributed by atoms with Crippen molar-refractivity contribution < 1.29 is 17.2 Å². The molecule has 0 unspecified atom stereocenters. The van der Waals surface area contributed by atoms with E-state index in [1.807, 2.05) is 4.90 Å². The van der Waals surface area contributed by atoms with Gasteiger partial charge in [-0.15, -0.1) is 0 Å². The second kappa shape index (κ2) is 6.86. The van der Waals surface area contributed by atoms with E-state index >= 15 is 8.78 Å². The molecule has 148 valence electrons. The summed E-state index contributed by atoms with van der Waals surface area (Å²) in [6.07, 6.45) is 1.82. The molecule has 1 aliphatic rings. The summed E-state index contributed by atoms with van der Waals surface area (Å²) >= 11 is 0. The molecule has 3 aromatic rings. The highest BCUT2D eigenvalue weighted by atomic mass is 32.2. The molecule has 2 heterocycles. The van der Waals surface area contributed by atoms with Crippen molar-refractivity contribution in [2.75, 3.05) is 32.1 Å². The number of hydrogen-bond donors (Lipinski definition) is 1. The van der Waals surface area contributed by atoms with Gasteiger partial charge in [0.25, 0.3) is 0 Å². The first-order valence-corrected chi connectivity index (χ1v) is 10.5. The third kappa shape index (κ3) is 2.97. The molecule has 1 aliphatic heterocycles. The lowest BCUT2D eigenvalue weighted by atomic mass is 10.1. The Labute approximate surface area is 162 Å². The number of rotatable bonds is 4. The zero-order valence-corrected chi connectivity index (χ0v) is 16.5. The van der Waals surface area contributed by atoms with Crippen LogP contribution >= 0.6 is 0 Å². The number of anilines is 1. The molecule has 28 heavy (non-hydrogen) atoms. The number of H-pyrrole nitrogens is 1. The Hall–Kier alpha value is -2.45. The molecule has 1 saturated heterocycles. The fourth-order valence-electron chi connectivity index (χ4n) is 3.68. The summed E-state index contributed by atoms with van der Waals surface area (Å²) in [7, 11) is -1.12. The molecule has 1 aromatic heterocycles. The first-order valence-electron chi connectivity index (χ1n) is 9.08. The minimum Gasteiger partial charge on any atom is -0.369 e. The lowest BCUT2D eigenvalue weighted by Gasteiger charge is -2.23. The van der Waals surface area contributed by atoms with Gasteiger partial charge in [0.2, 0.25) is 10.0 Å². The summed E-state index contributed by atoms with van der Waals surface area (Å²) in [6.45, 7) is 1.29. The highest BCUT2D eigenvalue weighted by Gasteiger charge is 2.28. The van der Waals surface area contributed by atoms with Gasteiger partial charge in [-0.1, -0.05) is 12.1 Å². The first-order chi connectivity index (χ1) is 13.3. The average Bonchev–Trinajstić information content (AvgIpc) is 3.29. The third-order valence-electron chi connectivity index (χ3n) is 5.15. The monoisotopic (exact) mass is 405 g/mol. The molecule has 8 heteroatoms. The maximum absolute atomic E-state index is 15.2. The molecule has 4 rings (SSSR count). The predicted octanol–water partition coefficient (Wildman–Crippen LogP) is 3.96. The SMILES string of the molecule is CN(C)S(=O)(=O)c1cc(F)c(N2CCCC2)c(-c2[nH]c3ccccc3c2F)c1. The van der Waals surface area contributed by atoms with Crippen LogP contribution in [0.4, 0.5) is 14.5 Å². The number of halogens is 2. The van der Waals surface area contributed by atoms with Gasteiger partial charge in [0.15, 0.2) is 5.82 Å². The minimum absolute atomic E-state index is 0.0952. The van der Waals surface area contributed by atoms with Crippen LogP contribution in [0.1, 0.15) is 12.8 Å². The molecule has 0 radical (unpaired) electrons. The fourth-order valence-corrected chi connectivity index (χ4v) is 4.62. The molecule has 0 spiro atoms. The Kier molecular flexibility index (Phi) is 4.63. The van der Waals surface area contributed by atoms with Gasteiger partial charge in [0, 0.05) is 43.7 Å². The molecular formula is C20H21F2N3O2S. The van der Waals surface area contributed by atoms with E-state index in [0.29, 0.717) is 24.0 Å². The lowest BCUT2D eigenvalue weighted by Crippen LogP contribution is -2.24. The Morgan fingerprint density at radius 3 is 2.39 bits per heavy atom. The highest BCUT2D eigenvalue weighted by Crippen LogP contribution is 2.40. The summed E-state index contributed by atoms with van der Waals surface area (Å²) in [5, 5.41) is 0.381. The topological polar surface area (TPSA) is 56.4 Å². The van der Waals surface area contributed by atoms with Gasteiger partial charge in [-0.2, -0.15) is 0 Å². The van der Waals surface area contributed by atoms with Crippen molar-refractivity contribution in [1.82, 2.24) is 9.29 Å². The summed E-state index contributed by atoms with van der Waals surface area (Å²) in [4.78, 5) is 4.65. The van der Waals surface area contributed by atoms with Crippen molar-refractivity contribution >= 4 is 26.6 Å². The molecule has 1 fully saturated rings. The van der Waals surface area contributed by atoms with Crippen LogP contribution in [-0.4, -0.2) is 44.9 Å². The molecular weight excluding hydrogens is 384 g/mol. The number of para-hydroxylation sites is 1. The molecule has 2 aromatic carbocycles. The zero-order valence-electron chi connectivity index (χ0n) is 15.7. The Morgan fingerprint density at radius 1 is 1.07 bits per heavy atom. The van der Waals surface area contributed by atoms with Crippen LogP contribution in [0, 0.1) is 11.6 Å². The predicted molar refractivity (Wildman–Crippen MR) is 106 cm³/mol. The second-order valence-electron chi connectivity index (χ2n) is 7.14. The Morgan fingerprint density at radius 2 is 1.75 bits per heavy atom. The van der Waals surface area contributed by atoms with Gasteiger partial charge < -0.3 is 9.88 Å². The van der Waals surface area contributed by atoms with Gasteiger partial charge in [0.05, 0.1) is 16.3 Å². The summed E-state index contributed by atoms with van der Waals surface area (Å²) < 4.78 is 56.6. The van der Waals surface area contributed by atoms with E-state index in [9.17, 15) is 8.42 Å². The van der Waals surface area contributed by atoms with Crippen LogP contribution in [0.25, 0.3) is 22.2 Å². The number of aromatic amines is 1. The second-order valence-corrected chi connectivity index (χ2v) is 9.29. The number of hydrogen-bond acceptors (Lipinski definition) is 3. The number of nitrogens with zero attached hydrogens (tertiary/aromatic N) is 2. The third-order valence-corrected chi connectivity index (χ3v) is 6.94.